The number of fused-ring (bicyclic) bond motifs is 2. The molecule has 18 heteroatoms. The SMILES string of the molecule is O=C(OCCOc1ccc2ccccc2c1)C(F)(F)SOO[O-].O=C(OCCOc1cccc2ccccc12)C(F)(F)SOO[O-]. The van der Waals surface area contributed by atoms with E-state index in [1.54, 1.807) is 24.3 Å². The topological polar surface area (TPSA) is 154 Å². The van der Waals surface area contributed by atoms with Crippen LogP contribution in [0.15, 0.2) is 84.9 Å². The number of alkyl halides is 4. The summed E-state index contributed by atoms with van der Waals surface area (Å²) in [4.78, 5) is 22.2. The summed E-state index contributed by atoms with van der Waals surface area (Å²) in [7, 11) is 0. The maximum Gasteiger partial charge on any atom is 0.415 e. The summed E-state index contributed by atoms with van der Waals surface area (Å²) >= 11 is -1.48. The van der Waals surface area contributed by atoms with Gasteiger partial charge in [0.15, 0.2) is 0 Å². The number of carbonyl (C=O) groups is 2. The lowest BCUT2D eigenvalue weighted by Gasteiger charge is -2.14. The summed E-state index contributed by atoms with van der Waals surface area (Å²) in [6.07, 6.45) is 0. The van der Waals surface area contributed by atoms with E-state index in [4.69, 9.17) is 9.47 Å². The first kappa shape index (κ1) is 36.6. The normalized spacial score (nSPS) is 11.4. The Morgan fingerprint density at radius 3 is 1.74 bits per heavy atom. The van der Waals surface area contributed by atoms with Crippen molar-refractivity contribution in [1.29, 1.82) is 0 Å². The van der Waals surface area contributed by atoms with Gasteiger partial charge in [-0.05, 0) is 34.4 Å². The van der Waals surface area contributed by atoms with Crippen LogP contribution in [0, 0.1) is 0 Å². The molecule has 0 radical (unpaired) electrons. The van der Waals surface area contributed by atoms with Crippen LogP contribution in [0.1, 0.15) is 0 Å². The first-order chi connectivity index (χ1) is 22.1. The van der Waals surface area contributed by atoms with Crippen molar-refractivity contribution in [2.45, 2.75) is 10.5 Å². The zero-order chi connectivity index (χ0) is 33.4. The standard InChI is InChI=1S/2C14H12F2O6S/c15-14(16,23-22-21-18)13(17)20-9-8-19-12-7-3-5-10-4-1-2-6-11(10)12;15-14(16,23-22-21-18)13(17)20-8-7-19-12-6-5-10-3-1-2-4-11(10)9-12/h1-7,18H,8-9H2;1-6,9,18H,7-8H2/p-2. The van der Waals surface area contributed by atoms with E-state index >= 15 is 0 Å². The molecule has 0 fully saturated rings. The van der Waals surface area contributed by atoms with Gasteiger partial charge in [-0.1, -0.05) is 66.7 Å². The summed E-state index contributed by atoms with van der Waals surface area (Å²) in [5, 5.41) is 20.1. The molecular weight excluding hydrogens is 668 g/mol. The molecule has 0 bridgehead atoms. The summed E-state index contributed by atoms with van der Waals surface area (Å²) in [5.74, 6) is -2.66. The minimum atomic E-state index is -4.05. The van der Waals surface area contributed by atoms with E-state index in [1.807, 2.05) is 60.7 Å². The number of hydrogen-bond donors (Lipinski definition) is 0. The second-order valence-electron chi connectivity index (χ2n) is 8.43. The third-order valence-corrected chi connectivity index (χ3v) is 6.44. The van der Waals surface area contributed by atoms with Crippen molar-refractivity contribution in [3.63, 3.8) is 0 Å². The highest BCUT2D eigenvalue weighted by atomic mass is 32.2. The zero-order valence-corrected chi connectivity index (χ0v) is 24.8. The van der Waals surface area contributed by atoms with Crippen molar-refractivity contribution >= 4 is 57.6 Å². The molecular formula is C28H22F4O12S2-2. The first-order valence-electron chi connectivity index (χ1n) is 12.7. The van der Waals surface area contributed by atoms with Crippen molar-refractivity contribution < 1.29 is 75.4 Å². The van der Waals surface area contributed by atoms with E-state index in [2.05, 4.69) is 28.2 Å². The van der Waals surface area contributed by atoms with E-state index in [0.29, 0.717) is 11.5 Å². The van der Waals surface area contributed by atoms with E-state index in [1.165, 1.54) is 0 Å². The van der Waals surface area contributed by atoms with E-state index in [-0.39, 0.29) is 19.8 Å². The number of ether oxygens (including phenoxy) is 4. The first-order valence-corrected chi connectivity index (χ1v) is 14.2. The van der Waals surface area contributed by atoms with Gasteiger partial charge in [0.25, 0.3) is 0 Å². The van der Waals surface area contributed by atoms with Crippen LogP contribution < -0.4 is 20.0 Å². The van der Waals surface area contributed by atoms with Crippen molar-refractivity contribution in [3.05, 3.63) is 84.9 Å². The molecule has 0 spiro atoms. The summed E-state index contributed by atoms with van der Waals surface area (Å²) < 4.78 is 78.5. The molecule has 0 aliphatic heterocycles. The van der Waals surface area contributed by atoms with Crippen molar-refractivity contribution in [2.75, 3.05) is 26.4 Å². The molecule has 0 amide bonds. The van der Waals surface area contributed by atoms with E-state index in [9.17, 15) is 37.7 Å². The van der Waals surface area contributed by atoms with Gasteiger partial charge in [0.05, 0.1) is 0 Å². The van der Waals surface area contributed by atoms with Crippen LogP contribution in [0.2, 0.25) is 0 Å². The Bertz CT molecular complexity index is 1550. The molecule has 248 valence electrons. The Kier molecular flexibility index (Phi) is 14.6. The molecule has 0 saturated carbocycles. The summed E-state index contributed by atoms with van der Waals surface area (Å²) in [6.45, 7) is -1.00. The van der Waals surface area contributed by atoms with Crippen LogP contribution in [-0.2, 0) is 37.8 Å². The summed E-state index contributed by atoms with van der Waals surface area (Å²) in [6, 6.07) is 25.8. The lowest BCUT2D eigenvalue weighted by atomic mass is 10.1. The molecule has 0 aromatic heterocycles. The number of carbonyl (C=O) groups excluding carboxylic acids is 2. The minimum Gasteiger partial charge on any atom is -0.691 e. The molecule has 46 heavy (non-hydrogen) atoms. The number of rotatable bonds is 16. The van der Waals surface area contributed by atoms with E-state index < -0.39 is 53.1 Å². The average Bonchev–Trinajstić information content (AvgIpc) is 3.06. The monoisotopic (exact) mass is 690 g/mol. The zero-order valence-electron chi connectivity index (χ0n) is 23.1. The average molecular weight is 691 g/mol. The Balaban J connectivity index is 0.000000250. The fraction of sp³-hybridized carbons (Fsp3) is 0.214. The Morgan fingerprint density at radius 2 is 1.13 bits per heavy atom. The maximum absolute atomic E-state index is 13.1. The van der Waals surface area contributed by atoms with E-state index in [0.717, 1.165) is 21.5 Å². The number of halogens is 4. The Morgan fingerprint density at radius 1 is 0.609 bits per heavy atom. The molecule has 0 aliphatic rings. The quantitative estimate of drug-likeness (QED) is 0.0406. The highest BCUT2D eigenvalue weighted by Crippen LogP contribution is 2.32. The third kappa shape index (κ3) is 11.5. The lowest BCUT2D eigenvalue weighted by Crippen LogP contribution is -2.29. The molecule has 0 heterocycles. The van der Waals surface area contributed by atoms with Gasteiger partial charge in [-0.15, -0.1) is 0 Å². The largest absolute Gasteiger partial charge is 0.691 e. The molecule has 0 saturated heterocycles. The number of benzene rings is 4. The van der Waals surface area contributed by atoms with Crippen LogP contribution in [0.5, 0.6) is 11.5 Å². The molecule has 4 rings (SSSR count). The molecule has 4 aromatic rings. The van der Waals surface area contributed by atoms with Crippen molar-refractivity contribution in [2.24, 2.45) is 0 Å². The van der Waals surface area contributed by atoms with Gasteiger partial charge < -0.3 is 29.5 Å². The molecule has 0 N–H and O–H groups in total. The highest BCUT2D eigenvalue weighted by molar-refractivity contribution is 7.96. The van der Waals surface area contributed by atoms with Crippen LogP contribution >= 0.6 is 24.1 Å². The highest BCUT2D eigenvalue weighted by Gasteiger charge is 2.44. The minimum absolute atomic E-state index is 0.107. The van der Waals surface area contributed by atoms with Gasteiger partial charge in [0.1, 0.15) is 62.0 Å². The molecule has 0 aliphatic carbocycles. The van der Waals surface area contributed by atoms with Crippen molar-refractivity contribution in [3.8, 4) is 11.5 Å². The smallest absolute Gasteiger partial charge is 0.415 e. The maximum atomic E-state index is 13.1. The Labute approximate surface area is 266 Å². The van der Waals surface area contributed by atoms with Crippen LogP contribution in [0.3, 0.4) is 0 Å². The molecule has 0 unspecified atom stereocenters. The van der Waals surface area contributed by atoms with Gasteiger partial charge in [-0.3, -0.25) is 10.1 Å². The van der Waals surface area contributed by atoms with Gasteiger partial charge in [-0.25, -0.2) is 9.59 Å². The second kappa shape index (κ2) is 18.3. The summed E-state index contributed by atoms with van der Waals surface area (Å²) in [5.41, 5.74) is 0. The van der Waals surface area contributed by atoms with Crippen molar-refractivity contribution in [1.82, 2.24) is 0 Å². The van der Waals surface area contributed by atoms with Gasteiger partial charge in [0.2, 0.25) is 0 Å². The third-order valence-electron chi connectivity index (χ3n) is 5.44. The molecule has 0 atom stereocenters. The second-order valence-corrected chi connectivity index (χ2v) is 10.1. The predicted molar refractivity (Wildman–Crippen MR) is 150 cm³/mol. The van der Waals surface area contributed by atoms with Crippen LogP contribution in [0.4, 0.5) is 17.6 Å². The van der Waals surface area contributed by atoms with Gasteiger partial charge >= 0.3 is 22.4 Å². The van der Waals surface area contributed by atoms with Gasteiger partial charge in [0, 0.05) is 5.39 Å². The predicted octanol–water partition coefficient (Wildman–Crippen LogP) is 4.45. The van der Waals surface area contributed by atoms with Gasteiger partial charge in [-0.2, -0.15) is 26.2 Å². The number of hydrogen-bond acceptors (Lipinski definition) is 14. The Hall–Kier alpha value is -3.88. The lowest BCUT2D eigenvalue weighted by molar-refractivity contribution is -0.777. The van der Waals surface area contributed by atoms with Crippen LogP contribution in [-0.4, -0.2) is 48.9 Å². The molecule has 4 aromatic carbocycles. The fourth-order valence-electron chi connectivity index (χ4n) is 3.51. The molecule has 12 nitrogen and oxygen atoms in total. The number of esters is 2. The van der Waals surface area contributed by atoms with Crippen LogP contribution in [0.25, 0.3) is 21.5 Å². The fourth-order valence-corrected chi connectivity index (χ4v) is 3.99.